The third kappa shape index (κ3) is 13.4. The zero-order chi connectivity index (χ0) is 52.7. The summed E-state index contributed by atoms with van der Waals surface area (Å²) in [5.74, 6) is 0.951. The lowest BCUT2D eigenvalue weighted by atomic mass is 9.92. The molecular weight excluding hydrogens is 976 g/mol. The smallest absolute Gasteiger partial charge is 0.387 e. The van der Waals surface area contributed by atoms with E-state index in [-0.39, 0.29) is 36.2 Å². The number of phosphoric ester groups is 1. The van der Waals surface area contributed by atoms with Crippen LogP contribution in [0.4, 0.5) is 11.6 Å². The van der Waals surface area contributed by atoms with Gasteiger partial charge < -0.3 is 50.8 Å². The van der Waals surface area contributed by atoms with Crippen LogP contribution in [0, 0.1) is 28.6 Å². The number of unbranched alkanes of at least 4 members (excludes halogenated alkanes) is 11. The molecule has 22 nitrogen and oxygen atoms in total. The number of phosphoric acid groups is 1. The Bertz CT molecular complexity index is 2550. The van der Waals surface area contributed by atoms with E-state index in [0.717, 1.165) is 43.4 Å². The molecule has 0 bridgehead atoms. The first-order valence-corrected chi connectivity index (χ1v) is 27.1. The van der Waals surface area contributed by atoms with Crippen molar-refractivity contribution in [2.75, 3.05) is 44.5 Å². The molecule has 5 aromatic rings. The number of aliphatic hydroxyl groups excluding tert-OH is 4. The first kappa shape index (κ1) is 56.6. The van der Waals surface area contributed by atoms with E-state index in [1.54, 1.807) is 0 Å². The molecule has 23 heteroatoms. The first-order valence-electron chi connectivity index (χ1n) is 25.6. The Hall–Kier alpha value is -5.17. The Morgan fingerprint density at radius 2 is 1.15 bits per heavy atom. The number of ether oxygens (including phenoxy) is 4. The predicted octanol–water partition coefficient (Wildman–Crippen LogP) is 5.80. The number of nitrogens with two attached hydrogens (primary N) is 2. The van der Waals surface area contributed by atoms with Crippen LogP contribution in [0.2, 0.25) is 0 Å². The largest absolute Gasteiger partial charge is 0.475 e. The van der Waals surface area contributed by atoms with Crippen LogP contribution in [0.15, 0.2) is 67.3 Å². The zero-order valence-corrected chi connectivity index (χ0v) is 43.0. The summed E-state index contributed by atoms with van der Waals surface area (Å²) < 4.78 is 59.5. The zero-order valence-electron chi connectivity index (χ0n) is 42.1. The van der Waals surface area contributed by atoms with Crippen molar-refractivity contribution in [3.05, 3.63) is 84.2 Å². The van der Waals surface area contributed by atoms with Gasteiger partial charge in [-0.1, -0.05) is 121 Å². The van der Waals surface area contributed by atoms with Crippen molar-refractivity contribution in [1.29, 1.82) is 10.5 Å². The molecule has 6 heterocycles. The molecule has 2 aliphatic heterocycles. The number of anilines is 2. The fourth-order valence-corrected chi connectivity index (χ4v) is 10.6. The van der Waals surface area contributed by atoms with Crippen molar-refractivity contribution in [3.63, 3.8) is 0 Å². The molecule has 2 aliphatic rings. The maximum atomic E-state index is 14.9. The normalized spacial score (nSPS) is 24.5. The molecule has 0 saturated carbocycles. The number of aliphatic hydroxyl groups is 4. The minimum Gasteiger partial charge on any atom is -0.387 e. The molecule has 402 valence electrons. The third-order valence-electron chi connectivity index (χ3n) is 13.6. The number of nitrogens with zero attached hydrogens (tertiary/aromatic N) is 8. The highest BCUT2D eigenvalue weighted by Gasteiger charge is 2.59. The second kappa shape index (κ2) is 26.5. The molecule has 0 unspecified atom stereocenters. The number of nitrogen functional groups attached to an aromatic ring is 2. The van der Waals surface area contributed by atoms with Gasteiger partial charge in [-0.25, -0.2) is 23.6 Å². The molecule has 1 aromatic carbocycles. The van der Waals surface area contributed by atoms with Gasteiger partial charge in [-0.2, -0.15) is 20.7 Å². The van der Waals surface area contributed by atoms with Gasteiger partial charge in [-0.3, -0.25) is 13.6 Å². The summed E-state index contributed by atoms with van der Waals surface area (Å²) in [5.41, 5.74) is 9.11. The second-order valence-electron chi connectivity index (χ2n) is 19.5. The maximum absolute atomic E-state index is 14.9. The number of rotatable bonds is 31. The molecule has 4 aromatic heterocycles. The van der Waals surface area contributed by atoms with Crippen LogP contribution in [-0.2, 0) is 54.9 Å². The van der Waals surface area contributed by atoms with Crippen molar-refractivity contribution < 1.29 is 57.5 Å². The summed E-state index contributed by atoms with van der Waals surface area (Å²) in [6.45, 7) is 3.21. The summed E-state index contributed by atoms with van der Waals surface area (Å²) >= 11 is 0. The van der Waals surface area contributed by atoms with Crippen LogP contribution in [0.3, 0.4) is 0 Å². The lowest BCUT2D eigenvalue weighted by molar-refractivity contribution is -0.0802. The molecule has 7 rings (SSSR count). The van der Waals surface area contributed by atoms with Crippen LogP contribution in [0.5, 0.6) is 0 Å². The van der Waals surface area contributed by atoms with Crippen LogP contribution in [0.1, 0.15) is 114 Å². The molecule has 0 spiro atoms. The van der Waals surface area contributed by atoms with Crippen LogP contribution in [0.25, 0.3) is 11.0 Å². The minimum absolute atomic E-state index is 0.0212. The molecular formula is C51H71N10O12P. The van der Waals surface area contributed by atoms with Crippen molar-refractivity contribution in [2.24, 2.45) is 5.92 Å². The van der Waals surface area contributed by atoms with Gasteiger partial charge in [0.2, 0.25) is 11.2 Å². The average molecular weight is 1050 g/mol. The number of hydrogen-bond donors (Lipinski definition) is 6. The van der Waals surface area contributed by atoms with Crippen LogP contribution >= 0.6 is 7.82 Å². The van der Waals surface area contributed by atoms with E-state index in [9.17, 15) is 35.5 Å². The van der Waals surface area contributed by atoms with E-state index < -0.39 is 81.6 Å². The lowest BCUT2D eigenvalue weighted by Crippen LogP contribution is -2.41. The Morgan fingerprint density at radius 1 is 0.676 bits per heavy atom. The van der Waals surface area contributed by atoms with Crippen molar-refractivity contribution in [2.45, 2.75) is 158 Å². The summed E-state index contributed by atoms with van der Waals surface area (Å²) in [5, 5.41) is 74.8. The second-order valence-corrected chi connectivity index (χ2v) is 21.1. The molecule has 9 atom stereocenters. The fraction of sp³-hybridized carbons (Fsp3) is 0.608. The third-order valence-corrected chi connectivity index (χ3v) is 15.0. The molecule has 0 aliphatic carbocycles. The van der Waals surface area contributed by atoms with E-state index in [0.29, 0.717) is 17.6 Å². The molecule has 2 saturated heterocycles. The number of hydrogen-bond acceptors (Lipinski definition) is 20. The van der Waals surface area contributed by atoms with E-state index in [1.165, 1.54) is 97.5 Å². The van der Waals surface area contributed by atoms with E-state index in [4.69, 9.17) is 44.0 Å². The number of fused-ring (bicyclic) bond motifs is 2. The Balaban J connectivity index is 1.01. The quantitative estimate of drug-likeness (QED) is 0.0225. The number of benzene rings is 1. The Kier molecular flexibility index (Phi) is 20.3. The summed E-state index contributed by atoms with van der Waals surface area (Å²) in [6.07, 6.45) is 6.89. The predicted molar refractivity (Wildman–Crippen MR) is 269 cm³/mol. The standard InChI is InChI=1S/C51H71N10O12P/c1-35(2)18-14-11-9-7-5-3-4-6-8-10-12-17-25-67-27-37(68-26-36-19-15-13-16-20-36)28-69-74(66,70-29-40-44(62)46(64)50(31-52,72-40)42-23-21-38-48(54)56-33-58-60(38)42)71-30-41-45(63)47(65)51(32-53,73-41)43-24-22-39-49(55)57-34-59-61(39)43/h13,15-16,19-24,33-35,37,40-41,44-47,62-65H,3-12,14,17-18,25-30H2,1-2H3,(H2,54,56,58)(H2,55,57,59)/t37-,40-,41-,44-,45-,46-,47-,50+,51+/m1/s1. The Labute approximate surface area is 431 Å². The molecule has 0 radical (unpaired) electrons. The van der Waals surface area contributed by atoms with Gasteiger partial charge in [0.25, 0.3) is 0 Å². The van der Waals surface area contributed by atoms with E-state index >= 15 is 0 Å². The van der Waals surface area contributed by atoms with Gasteiger partial charge in [-0.15, -0.1) is 0 Å². The Morgan fingerprint density at radius 3 is 1.62 bits per heavy atom. The lowest BCUT2D eigenvalue weighted by Gasteiger charge is -2.26. The van der Waals surface area contributed by atoms with Gasteiger partial charge in [0.05, 0.1) is 44.4 Å². The highest BCUT2D eigenvalue weighted by molar-refractivity contribution is 7.48. The molecule has 2 fully saturated rings. The number of aromatic nitrogens is 6. The average Bonchev–Trinajstić information content (AvgIpc) is 4.17. The summed E-state index contributed by atoms with van der Waals surface area (Å²) in [7, 11) is -4.89. The van der Waals surface area contributed by atoms with Gasteiger partial charge in [0.15, 0.2) is 11.6 Å². The topological polar surface area (TPSA) is 323 Å². The van der Waals surface area contributed by atoms with Crippen LogP contribution in [-0.4, -0.2) is 125 Å². The van der Waals surface area contributed by atoms with Gasteiger partial charge in [-0.05, 0) is 42.2 Å². The first-order chi connectivity index (χ1) is 35.8. The van der Waals surface area contributed by atoms with Crippen LogP contribution < -0.4 is 11.5 Å². The van der Waals surface area contributed by atoms with Crippen molar-refractivity contribution in [1.82, 2.24) is 29.2 Å². The summed E-state index contributed by atoms with van der Waals surface area (Å²) in [4.78, 5) is 7.91. The van der Waals surface area contributed by atoms with E-state index in [1.807, 2.05) is 42.5 Å². The maximum Gasteiger partial charge on any atom is 0.475 e. The molecule has 8 N–H and O–H groups in total. The highest BCUT2D eigenvalue weighted by atomic mass is 31.2. The van der Waals surface area contributed by atoms with Crippen molar-refractivity contribution >= 4 is 30.5 Å². The van der Waals surface area contributed by atoms with Gasteiger partial charge in [0, 0.05) is 6.61 Å². The van der Waals surface area contributed by atoms with E-state index in [2.05, 4.69) is 34.0 Å². The van der Waals surface area contributed by atoms with Crippen molar-refractivity contribution in [3.8, 4) is 12.1 Å². The fourth-order valence-electron chi connectivity index (χ4n) is 9.39. The van der Waals surface area contributed by atoms with Gasteiger partial charge >= 0.3 is 7.82 Å². The molecule has 74 heavy (non-hydrogen) atoms. The van der Waals surface area contributed by atoms with Gasteiger partial charge in [0.1, 0.15) is 78.6 Å². The number of nitriles is 2. The highest BCUT2D eigenvalue weighted by Crippen LogP contribution is 2.52. The molecule has 0 amide bonds. The monoisotopic (exact) mass is 1050 g/mol. The summed E-state index contributed by atoms with van der Waals surface area (Å²) in [6, 6.07) is 19.2. The minimum atomic E-state index is -4.89. The SMILES string of the molecule is CC(C)CCCCCCCCCCCCCCOC[C@H](COP(=O)(OC[C@H]1O[C@@](C#N)(c2ccc3c(N)ncnn23)[C@H](O)[C@@H]1O)OC[C@H]1O[C@@](C#N)(c2ccc3c(N)ncnn23)[C@H](O)[C@@H]1O)OCc1ccccc1.